The molecule has 2 N–H and O–H groups in total. The highest BCUT2D eigenvalue weighted by molar-refractivity contribution is 7.89. The maximum absolute atomic E-state index is 11.0. The van der Waals surface area contributed by atoms with Gasteiger partial charge in [-0.15, -0.1) is 0 Å². The van der Waals surface area contributed by atoms with Crippen molar-refractivity contribution in [2.24, 2.45) is 5.14 Å². The molecule has 6 heteroatoms. The smallest absolute Gasteiger partial charge is 0.238 e. The van der Waals surface area contributed by atoms with E-state index in [0.29, 0.717) is 0 Å². The Kier molecular flexibility index (Phi) is 2.29. The van der Waals surface area contributed by atoms with Crippen molar-refractivity contribution in [3.8, 4) is 5.69 Å². The van der Waals surface area contributed by atoms with Gasteiger partial charge in [-0.3, -0.25) is 0 Å². The fourth-order valence-electron chi connectivity index (χ4n) is 1.16. The summed E-state index contributed by atoms with van der Waals surface area (Å²) in [5, 5.41) is 8.93. The van der Waals surface area contributed by atoms with Crippen LogP contribution in [0.2, 0.25) is 0 Å². The zero-order valence-electron chi connectivity index (χ0n) is 7.66. The monoisotopic (exact) mass is 222 g/mol. The van der Waals surface area contributed by atoms with Crippen molar-refractivity contribution in [3.63, 3.8) is 0 Å². The van der Waals surface area contributed by atoms with Gasteiger partial charge in [0.25, 0.3) is 0 Å². The van der Waals surface area contributed by atoms with E-state index in [4.69, 9.17) is 5.14 Å². The van der Waals surface area contributed by atoms with Gasteiger partial charge in [-0.25, -0.2) is 18.2 Å². The second-order valence-electron chi connectivity index (χ2n) is 2.92. The summed E-state index contributed by atoms with van der Waals surface area (Å²) in [6.07, 6.45) is 3.17. The summed E-state index contributed by atoms with van der Waals surface area (Å²) < 4.78 is 23.5. The van der Waals surface area contributed by atoms with Crippen LogP contribution in [0.25, 0.3) is 5.69 Å². The minimum atomic E-state index is -3.63. The first-order chi connectivity index (χ1) is 7.07. The minimum Gasteiger partial charge on any atom is -0.240 e. The summed E-state index contributed by atoms with van der Waals surface area (Å²) in [5.41, 5.74) is 0.753. The number of nitrogens with two attached hydrogens (primary N) is 1. The van der Waals surface area contributed by atoms with Crippen molar-refractivity contribution < 1.29 is 8.42 Å². The van der Waals surface area contributed by atoms with Gasteiger partial charge in [-0.05, 0) is 24.3 Å². The molecule has 0 amide bonds. The summed E-state index contributed by atoms with van der Waals surface area (Å²) in [4.78, 5) is 0.0855. The van der Waals surface area contributed by atoms with E-state index in [1.807, 2.05) is 0 Å². The zero-order chi connectivity index (χ0) is 10.9. The van der Waals surface area contributed by atoms with Crippen LogP contribution in [0.3, 0.4) is 0 Å². The van der Waals surface area contributed by atoms with E-state index in [1.54, 1.807) is 23.0 Å². The molecule has 0 bridgehead atoms. The van der Waals surface area contributed by atoms with Crippen molar-refractivity contribution in [2.45, 2.75) is 4.90 Å². The van der Waals surface area contributed by atoms with Crippen LogP contribution in [-0.4, -0.2) is 18.2 Å². The predicted octanol–water partition coefficient (Wildman–Crippen LogP) is 0.320. The molecule has 0 saturated carbocycles. The summed E-state index contributed by atoms with van der Waals surface area (Å²) >= 11 is 0. The third kappa shape index (κ3) is 2.05. The van der Waals surface area contributed by atoms with E-state index in [1.165, 1.54) is 18.3 Å². The van der Waals surface area contributed by atoms with E-state index in [-0.39, 0.29) is 4.90 Å². The van der Waals surface area contributed by atoms with Crippen LogP contribution in [0, 0.1) is 6.07 Å². The Labute approximate surface area is 87.2 Å². The first-order valence-electron chi connectivity index (χ1n) is 4.11. The quantitative estimate of drug-likeness (QED) is 0.794. The van der Waals surface area contributed by atoms with Gasteiger partial charge in [0.05, 0.1) is 16.8 Å². The number of sulfonamides is 1. The van der Waals surface area contributed by atoms with Gasteiger partial charge in [0, 0.05) is 12.3 Å². The zero-order valence-corrected chi connectivity index (χ0v) is 8.48. The predicted molar refractivity (Wildman–Crippen MR) is 53.8 cm³/mol. The van der Waals surface area contributed by atoms with E-state index >= 15 is 0 Å². The normalized spacial score (nSPS) is 11.5. The van der Waals surface area contributed by atoms with Crippen LogP contribution in [0.5, 0.6) is 0 Å². The summed E-state index contributed by atoms with van der Waals surface area (Å²) in [7, 11) is -3.63. The van der Waals surface area contributed by atoms with E-state index < -0.39 is 10.0 Å². The molecular weight excluding hydrogens is 214 g/mol. The van der Waals surface area contributed by atoms with Crippen molar-refractivity contribution >= 4 is 10.0 Å². The molecule has 77 valence electrons. The first kappa shape index (κ1) is 9.88. The average molecular weight is 222 g/mol. The summed E-state index contributed by atoms with van der Waals surface area (Å²) in [6.45, 7) is 0. The second-order valence-corrected chi connectivity index (χ2v) is 4.49. The third-order valence-corrected chi connectivity index (χ3v) is 2.81. The maximum atomic E-state index is 11.0. The molecule has 0 spiro atoms. The lowest BCUT2D eigenvalue weighted by molar-refractivity contribution is 0.598. The third-order valence-electron chi connectivity index (χ3n) is 1.88. The lowest BCUT2D eigenvalue weighted by Crippen LogP contribution is -2.12. The van der Waals surface area contributed by atoms with Crippen molar-refractivity contribution in [1.82, 2.24) is 9.78 Å². The molecule has 1 radical (unpaired) electrons. The highest BCUT2D eigenvalue weighted by Crippen LogP contribution is 2.11. The van der Waals surface area contributed by atoms with Crippen LogP contribution in [0.4, 0.5) is 0 Å². The fraction of sp³-hybridized carbons (Fsp3) is 0. The molecular formula is C9H8N3O2S. The SMILES string of the molecule is NS(=O)(=O)c1ccc(-n2c[c]cn2)cc1. The van der Waals surface area contributed by atoms with Crippen LogP contribution >= 0.6 is 0 Å². The molecule has 0 saturated heterocycles. The molecule has 0 aliphatic carbocycles. The van der Waals surface area contributed by atoms with Gasteiger partial charge in [-0.2, -0.15) is 5.10 Å². The number of hydrogen-bond donors (Lipinski definition) is 1. The number of rotatable bonds is 2. The largest absolute Gasteiger partial charge is 0.240 e. The van der Waals surface area contributed by atoms with Gasteiger partial charge in [-0.1, -0.05) is 0 Å². The Bertz CT molecular complexity index is 544. The molecule has 5 nitrogen and oxygen atoms in total. The molecule has 2 aromatic rings. The Morgan fingerprint density at radius 2 is 1.93 bits per heavy atom. The Morgan fingerprint density at radius 3 is 2.40 bits per heavy atom. The molecule has 2 rings (SSSR count). The maximum Gasteiger partial charge on any atom is 0.238 e. The second kappa shape index (κ2) is 3.48. The lowest BCUT2D eigenvalue weighted by atomic mass is 10.3. The van der Waals surface area contributed by atoms with Gasteiger partial charge in [0.15, 0.2) is 0 Å². The van der Waals surface area contributed by atoms with Crippen molar-refractivity contribution in [1.29, 1.82) is 0 Å². The van der Waals surface area contributed by atoms with E-state index in [9.17, 15) is 8.42 Å². The number of primary sulfonamides is 1. The van der Waals surface area contributed by atoms with Gasteiger partial charge >= 0.3 is 0 Å². The molecule has 0 unspecified atom stereocenters. The molecule has 1 aromatic carbocycles. The summed E-state index contributed by atoms with van der Waals surface area (Å²) in [5.74, 6) is 0. The first-order valence-corrected chi connectivity index (χ1v) is 5.66. The average Bonchev–Trinajstić information content (AvgIpc) is 2.69. The summed E-state index contributed by atoms with van der Waals surface area (Å²) in [6, 6.07) is 8.91. The van der Waals surface area contributed by atoms with E-state index in [0.717, 1.165) is 5.69 Å². The van der Waals surface area contributed by atoms with Crippen LogP contribution in [0.1, 0.15) is 0 Å². The van der Waals surface area contributed by atoms with Gasteiger partial charge in [0.1, 0.15) is 0 Å². The molecule has 1 heterocycles. The van der Waals surface area contributed by atoms with Gasteiger partial charge < -0.3 is 0 Å². The number of nitrogens with zero attached hydrogens (tertiary/aromatic N) is 2. The fourth-order valence-corrected chi connectivity index (χ4v) is 1.68. The molecule has 0 aliphatic rings. The standard InChI is InChI=1S/C9H8N3O2S/c10-15(13,14)9-4-2-8(3-5-9)12-7-1-6-11-12/h2-7H,(H2,10,13,14). The van der Waals surface area contributed by atoms with Crippen LogP contribution in [-0.2, 0) is 10.0 Å². The Morgan fingerprint density at radius 1 is 1.27 bits per heavy atom. The number of hydrogen-bond acceptors (Lipinski definition) is 3. The van der Waals surface area contributed by atoms with Crippen LogP contribution in [0.15, 0.2) is 41.6 Å². The Balaban J connectivity index is 2.42. The topological polar surface area (TPSA) is 78.0 Å². The van der Waals surface area contributed by atoms with Gasteiger partial charge in [0.2, 0.25) is 10.0 Å². The molecule has 1 aromatic heterocycles. The van der Waals surface area contributed by atoms with Crippen molar-refractivity contribution in [3.05, 3.63) is 42.7 Å². The minimum absolute atomic E-state index is 0.0855. The molecule has 0 aliphatic heterocycles. The molecule has 0 atom stereocenters. The highest BCUT2D eigenvalue weighted by atomic mass is 32.2. The number of benzene rings is 1. The Hall–Kier alpha value is -1.66. The lowest BCUT2D eigenvalue weighted by Gasteiger charge is -2.02. The molecule has 15 heavy (non-hydrogen) atoms. The van der Waals surface area contributed by atoms with Crippen LogP contribution < -0.4 is 5.14 Å². The van der Waals surface area contributed by atoms with Crippen molar-refractivity contribution in [2.75, 3.05) is 0 Å². The van der Waals surface area contributed by atoms with E-state index in [2.05, 4.69) is 11.2 Å². The number of aromatic nitrogens is 2. The highest BCUT2D eigenvalue weighted by Gasteiger charge is 2.06. The molecule has 0 fully saturated rings.